The summed E-state index contributed by atoms with van der Waals surface area (Å²) in [6.45, 7) is 5.16. The van der Waals surface area contributed by atoms with Crippen molar-refractivity contribution in [2.75, 3.05) is 26.3 Å². The summed E-state index contributed by atoms with van der Waals surface area (Å²) in [5.41, 5.74) is 2.69. The molecule has 0 aromatic carbocycles. The normalized spacial score (nSPS) is 21.6. The van der Waals surface area contributed by atoms with E-state index in [0.717, 1.165) is 45.2 Å². The van der Waals surface area contributed by atoms with Crippen LogP contribution >= 0.6 is 11.6 Å². The fourth-order valence-corrected chi connectivity index (χ4v) is 2.56. The maximum Gasteiger partial charge on any atom is 0.129 e. The second-order valence-corrected chi connectivity index (χ2v) is 5.05. The fraction of sp³-hybridized carbons (Fsp3) is 0.583. The number of fused-ring (bicyclic) bond motifs is 1. The van der Waals surface area contributed by atoms with Crippen molar-refractivity contribution in [2.24, 2.45) is 5.92 Å². The van der Waals surface area contributed by atoms with Crippen LogP contribution in [0.1, 0.15) is 11.1 Å². The second kappa shape index (κ2) is 4.32. The first-order valence-electron chi connectivity index (χ1n) is 5.74. The Morgan fingerprint density at radius 3 is 3.06 bits per heavy atom. The Kier molecular flexibility index (Phi) is 2.84. The highest BCUT2D eigenvalue weighted by Gasteiger charge is 2.24. The molecule has 0 saturated carbocycles. The van der Waals surface area contributed by atoms with E-state index >= 15 is 0 Å². The Bertz CT molecular complexity index is 393. The molecule has 4 heteroatoms. The van der Waals surface area contributed by atoms with Crippen molar-refractivity contribution in [1.29, 1.82) is 0 Å². The van der Waals surface area contributed by atoms with Gasteiger partial charge >= 0.3 is 0 Å². The van der Waals surface area contributed by atoms with Gasteiger partial charge in [-0.3, -0.25) is 4.90 Å². The molecule has 1 saturated heterocycles. The van der Waals surface area contributed by atoms with Crippen LogP contribution in [0, 0.1) is 5.92 Å². The van der Waals surface area contributed by atoms with Crippen LogP contribution in [0.2, 0.25) is 5.15 Å². The number of rotatable bonds is 2. The molecule has 2 aliphatic rings. The molecule has 0 unspecified atom stereocenters. The average molecular weight is 239 g/mol. The molecule has 0 spiro atoms. The zero-order valence-electron chi connectivity index (χ0n) is 9.16. The number of hydrogen-bond donors (Lipinski definition) is 0. The molecule has 1 aromatic heterocycles. The molecule has 3 nitrogen and oxygen atoms in total. The molecule has 3 heterocycles. The van der Waals surface area contributed by atoms with Crippen molar-refractivity contribution >= 4 is 11.6 Å². The number of halogens is 1. The lowest BCUT2D eigenvalue weighted by atomic mass is 10.00. The molecule has 2 aliphatic heterocycles. The predicted octanol–water partition coefficient (Wildman–Crippen LogP) is 1.74. The van der Waals surface area contributed by atoms with E-state index in [4.69, 9.17) is 16.3 Å². The zero-order chi connectivity index (χ0) is 11.0. The topological polar surface area (TPSA) is 25.4 Å². The van der Waals surface area contributed by atoms with Gasteiger partial charge in [0.25, 0.3) is 0 Å². The number of hydrogen-bond acceptors (Lipinski definition) is 3. The van der Waals surface area contributed by atoms with E-state index in [9.17, 15) is 0 Å². The maximum atomic E-state index is 5.89. The molecular weight excluding hydrogens is 224 g/mol. The number of aromatic nitrogens is 1. The Morgan fingerprint density at radius 1 is 1.44 bits per heavy atom. The van der Waals surface area contributed by atoms with Crippen LogP contribution in [-0.4, -0.2) is 36.2 Å². The quantitative estimate of drug-likeness (QED) is 0.734. The minimum Gasteiger partial charge on any atom is -0.381 e. The van der Waals surface area contributed by atoms with E-state index in [2.05, 4.69) is 9.88 Å². The first-order valence-corrected chi connectivity index (χ1v) is 6.12. The van der Waals surface area contributed by atoms with Crippen LogP contribution in [0.5, 0.6) is 0 Å². The van der Waals surface area contributed by atoms with Gasteiger partial charge in [0.1, 0.15) is 5.15 Å². The van der Waals surface area contributed by atoms with Gasteiger partial charge in [0.05, 0.1) is 13.2 Å². The molecule has 0 atom stereocenters. The molecule has 0 N–H and O–H groups in total. The van der Waals surface area contributed by atoms with Gasteiger partial charge in [-0.05, 0) is 23.6 Å². The zero-order valence-corrected chi connectivity index (χ0v) is 9.91. The van der Waals surface area contributed by atoms with Crippen LogP contribution in [0.15, 0.2) is 12.3 Å². The molecular formula is C12H15ClN2O. The largest absolute Gasteiger partial charge is 0.381 e. The molecule has 86 valence electrons. The Hall–Kier alpha value is -0.640. The summed E-state index contributed by atoms with van der Waals surface area (Å²) in [6, 6.07) is 2.00. The Balaban J connectivity index is 1.68. The van der Waals surface area contributed by atoms with Gasteiger partial charge in [-0.25, -0.2) is 4.98 Å². The SMILES string of the molecule is Clc1cc2c(cn1)CN(CC1COC1)CC2. The van der Waals surface area contributed by atoms with Gasteiger partial charge in [0.15, 0.2) is 0 Å². The highest BCUT2D eigenvalue weighted by atomic mass is 35.5. The smallest absolute Gasteiger partial charge is 0.129 e. The monoisotopic (exact) mass is 238 g/mol. The van der Waals surface area contributed by atoms with Crippen LogP contribution in [0.3, 0.4) is 0 Å². The Labute approximate surface area is 100 Å². The van der Waals surface area contributed by atoms with Crippen molar-refractivity contribution in [1.82, 2.24) is 9.88 Å². The number of nitrogens with zero attached hydrogens (tertiary/aromatic N) is 2. The van der Waals surface area contributed by atoms with E-state index in [1.54, 1.807) is 0 Å². The maximum absolute atomic E-state index is 5.89. The van der Waals surface area contributed by atoms with E-state index in [1.807, 2.05) is 12.3 Å². The highest BCUT2D eigenvalue weighted by molar-refractivity contribution is 6.29. The predicted molar refractivity (Wildman–Crippen MR) is 62.5 cm³/mol. The summed E-state index contributed by atoms with van der Waals surface area (Å²) in [4.78, 5) is 6.65. The van der Waals surface area contributed by atoms with Gasteiger partial charge in [-0.15, -0.1) is 0 Å². The van der Waals surface area contributed by atoms with Gasteiger partial charge in [-0.1, -0.05) is 11.6 Å². The van der Waals surface area contributed by atoms with Crippen molar-refractivity contribution in [3.05, 3.63) is 28.5 Å². The number of ether oxygens (including phenoxy) is 1. The lowest BCUT2D eigenvalue weighted by Gasteiger charge is -2.35. The summed E-state index contributed by atoms with van der Waals surface area (Å²) in [5.74, 6) is 0.738. The van der Waals surface area contributed by atoms with Crippen LogP contribution in [0.25, 0.3) is 0 Å². The summed E-state index contributed by atoms with van der Waals surface area (Å²) >= 11 is 5.89. The molecule has 16 heavy (non-hydrogen) atoms. The van der Waals surface area contributed by atoms with Crippen molar-refractivity contribution in [3.8, 4) is 0 Å². The van der Waals surface area contributed by atoms with Crippen molar-refractivity contribution in [3.63, 3.8) is 0 Å². The lowest BCUT2D eigenvalue weighted by molar-refractivity contribution is -0.0480. The Morgan fingerprint density at radius 2 is 2.31 bits per heavy atom. The molecule has 0 amide bonds. The standard InChI is InChI=1S/C12H15ClN2O/c13-12-3-10-1-2-15(5-9-7-16-8-9)6-11(10)4-14-12/h3-4,9H,1-2,5-8H2. The average Bonchev–Trinajstić information content (AvgIpc) is 2.23. The minimum atomic E-state index is 0.611. The van der Waals surface area contributed by atoms with Crippen molar-refractivity contribution in [2.45, 2.75) is 13.0 Å². The van der Waals surface area contributed by atoms with Gasteiger partial charge in [0.2, 0.25) is 0 Å². The molecule has 1 aromatic rings. The van der Waals surface area contributed by atoms with E-state index in [-0.39, 0.29) is 0 Å². The van der Waals surface area contributed by atoms with E-state index in [0.29, 0.717) is 5.15 Å². The fourth-order valence-electron chi connectivity index (χ4n) is 2.38. The molecule has 0 bridgehead atoms. The molecule has 0 radical (unpaired) electrons. The summed E-state index contributed by atoms with van der Waals surface area (Å²) < 4.78 is 5.21. The minimum absolute atomic E-state index is 0.611. The first-order chi connectivity index (χ1) is 7.81. The highest BCUT2D eigenvalue weighted by Crippen LogP contribution is 2.22. The summed E-state index contributed by atoms with van der Waals surface area (Å²) in [6.07, 6.45) is 3.01. The van der Waals surface area contributed by atoms with Crippen LogP contribution in [-0.2, 0) is 17.7 Å². The van der Waals surface area contributed by atoms with Crippen LogP contribution in [0.4, 0.5) is 0 Å². The first kappa shape index (κ1) is 10.5. The van der Waals surface area contributed by atoms with Crippen LogP contribution < -0.4 is 0 Å². The summed E-state index contributed by atoms with van der Waals surface area (Å²) in [7, 11) is 0. The van der Waals surface area contributed by atoms with Gasteiger partial charge < -0.3 is 4.74 Å². The van der Waals surface area contributed by atoms with Crippen molar-refractivity contribution < 1.29 is 4.74 Å². The van der Waals surface area contributed by atoms with Gasteiger partial charge in [-0.2, -0.15) is 0 Å². The lowest BCUT2D eigenvalue weighted by Crippen LogP contribution is -2.41. The van der Waals surface area contributed by atoms with E-state index < -0.39 is 0 Å². The van der Waals surface area contributed by atoms with Gasteiger partial charge in [0, 0.05) is 31.7 Å². The molecule has 0 aliphatic carbocycles. The second-order valence-electron chi connectivity index (χ2n) is 4.66. The molecule has 1 fully saturated rings. The third-order valence-corrected chi connectivity index (χ3v) is 3.57. The molecule has 3 rings (SSSR count). The summed E-state index contributed by atoms with van der Waals surface area (Å²) in [5, 5.41) is 0.611. The number of pyridine rings is 1. The third kappa shape index (κ3) is 2.08. The van der Waals surface area contributed by atoms with E-state index in [1.165, 1.54) is 11.1 Å². The third-order valence-electron chi connectivity index (χ3n) is 3.36.